The van der Waals surface area contributed by atoms with Crippen LogP contribution in [0.1, 0.15) is 188 Å². The number of allylic oxidation sites excluding steroid dienone is 22. The third-order valence-electron chi connectivity index (χ3n) is 9.81. The van der Waals surface area contributed by atoms with Crippen LogP contribution in [0.4, 0.5) is 0 Å². The first-order chi connectivity index (χ1) is 31.0. The molecule has 0 aromatic heterocycles. The van der Waals surface area contributed by atoms with Gasteiger partial charge in [-0.25, -0.2) is 0 Å². The van der Waals surface area contributed by atoms with Gasteiger partial charge in [-0.1, -0.05) is 225 Å². The molecule has 0 fully saturated rings. The van der Waals surface area contributed by atoms with Crippen LogP contribution in [0, 0.1) is 0 Å². The fourth-order valence-electron chi connectivity index (χ4n) is 6.15. The molecule has 0 heterocycles. The summed E-state index contributed by atoms with van der Waals surface area (Å²) in [6.07, 6.45) is 70.0. The van der Waals surface area contributed by atoms with Gasteiger partial charge in [-0.2, -0.15) is 0 Å². The van der Waals surface area contributed by atoms with E-state index in [0.717, 1.165) is 83.5 Å². The second-order valence-electron chi connectivity index (χ2n) is 15.8. The monoisotopic (exact) mass is 869 g/mol. The number of carbonyl (C=O) groups is 3. The predicted octanol–water partition coefficient (Wildman–Crippen LogP) is 16.3. The smallest absolute Gasteiger partial charge is 0.306 e. The molecule has 63 heavy (non-hydrogen) atoms. The number of rotatable bonds is 42. The van der Waals surface area contributed by atoms with Gasteiger partial charge in [0.15, 0.2) is 6.10 Å². The van der Waals surface area contributed by atoms with Gasteiger partial charge in [0.25, 0.3) is 0 Å². The molecule has 0 N–H and O–H groups in total. The van der Waals surface area contributed by atoms with Crippen molar-refractivity contribution in [3.8, 4) is 0 Å². The van der Waals surface area contributed by atoms with E-state index in [1.807, 2.05) is 60.8 Å². The first kappa shape index (κ1) is 58.6. The number of unbranched alkanes of at least 4 members (excludes halogenated alkanes) is 14. The Morgan fingerprint density at radius 3 is 1.19 bits per heavy atom. The molecule has 0 aliphatic heterocycles. The van der Waals surface area contributed by atoms with Crippen molar-refractivity contribution in [3.63, 3.8) is 0 Å². The highest BCUT2D eigenvalue weighted by molar-refractivity contribution is 5.71. The summed E-state index contributed by atoms with van der Waals surface area (Å²) in [5.74, 6) is -1.04. The Morgan fingerprint density at radius 1 is 0.349 bits per heavy atom. The van der Waals surface area contributed by atoms with Crippen LogP contribution in [0.25, 0.3) is 0 Å². The van der Waals surface area contributed by atoms with Gasteiger partial charge in [-0.05, 0) is 77.0 Å². The molecule has 0 aromatic rings. The first-order valence-electron chi connectivity index (χ1n) is 24.8. The van der Waals surface area contributed by atoms with Crippen molar-refractivity contribution in [2.75, 3.05) is 13.2 Å². The fraction of sp³-hybridized carbons (Fsp3) is 0.561. The van der Waals surface area contributed by atoms with Crippen LogP contribution in [0.15, 0.2) is 134 Å². The van der Waals surface area contributed by atoms with E-state index in [1.165, 1.54) is 51.4 Å². The fourth-order valence-corrected chi connectivity index (χ4v) is 6.15. The highest BCUT2D eigenvalue weighted by Crippen LogP contribution is 2.13. The molecule has 0 rings (SSSR count). The molecule has 352 valence electrons. The lowest BCUT2D eigenvalue weighted by atomic mass is 10.1. The standard InChI is InChI=1S/C57H88O6/c1-4-7-10-13-16-19-22-24-26-28-30-32-35-38-41-44-47-50-56(59)62-53-54(52-61-55(58)49-46-43-40-37-34-21-18-15-12-9-6-3)63-57(60)51-48-45-42-39-36-33-31-29-27-25-23-20-17-14-11-8-5-2/h7-8,10-11,13,16-17,19-20,22,24-28,30-33,35,39,42,54H,4-6,9,12,14-15,18,21,23,29,34,36-38,40-41,43-53H2,1-3H3/b10-7-,11-8-,16-13-,20-17-,22-19-,26-24-,27-25-,30-28+,33-31-,35-32-,42-39-. The van der Waals surface area contributed by atoms with Crippen molar-refractivity contribution >= 4 is 17.9 Å². The molecule has 0 saturated heterocycles. The molecule has 6 nitrogen and oxygen atoms in total. The summed E-state index contributed by atoms with van der Waals surface area (Å²) in [6.45, 7) is 6.26. The van der Waals surface area contributed by atoms with Crippen LogP contribution in [0.5, 0.6) is 0 Å². The van der Waals surface area contributed by atoms with Crippen LogP contribution in [-0.4, -0.2) is 37.2 Å². The molecule has 1 unspecified atom stereocenters. The maximum absolute atomic E-state index is 12.8. The Morgan fingerprint density at radius 2 is 0.714 bits per heavy atom. The zero-order valence-electron chi connectivity index (χ0n) is 40.0. The second-order valence-corrected chi connectivity index (χ2v) is 15.8. The van der Waals surface area contributed by atoms with Gasteiger partial charge < -0.3 is 14.2 Å². The summed E-state index contributed by atoms with van der Waals surface area (Å²) in [4.78, 5) is 37.9. The lowest BCUT2D eigenvalue weighted by molar-refractivity contribution is -0.167. The highest BCUT2D eigenvalue weighted by Gasteiger charge is 2.19. The van der Waals surface area contributed by atoms with Crippen LogP contribution < -0.4 is 0 Å². The van der Waals surface area contributed by atoms with Crippen molar-refractivity contribution in [1.82, 2.24) is 0 Å². The quantitative estimate of drug-likeness (QED) is 0.0200. The number of hydrogen-bond acceptors (Lipinski definition) is 6. The van der Waals surface area contributed by atoms with Gasteiger partial charge >= 0.3 is 17.9 Å². The number of carbonyl (C=O) groups excluding carboxylic acids is 3. The van der Waals surface area contributed by atoms with Crippen molar-refractivity contribution < 1.29 is 28.6 Å². The van der Waals surface area contributed by atoms with Crippen molar-refractivity contribution in [3.05, 3.63) is 134 Å². The largest absolute Gasteiger partial charge is 0.462 e. The van der Waals surface area contributed by atoms with Crippen LogP contribution >= 0.6 is 0 Å². The lowest BCUT2D eigenvalue weighted by Crippen LogP contribution is -2.30. The normalized spacial score (nSPS) is 13.3. The van der Waals surface area contributed by atoms with Crippen LogP contribution in [0.2, 0.25) is 0 Å². The zero-order valence-corrected chi connectivity index (χ0v) is 40.0. The molecule has 0 saturated carbocycles. The maximum Gasteiger partial charge on any atom is 0.306 e. The number of hydrogen-bond donors (Lipinski definition) is 0. The van der Waals surface area contributed by atoms with Gasteiger partial charge in [-0.3, -0.25) is 14.4 Å². The molecule has 0 spiro atoms. The zero-order chi connectivity index (χ0) is 45.8. The topological polar surface area (TPSA) is 78.9 Å². The molecule has 0 bridgehead atoms. The van der Waals surface area contributed by atoms with E-state index in [2.05, 4.69) is 93.7 Å². The minimum atomic E-state index is -0.828. The van der Waals surface area contributed by atoms with Crippen molar-refractivity contribution in [2.45, 2.75) is 194 Å². The lowest BCUT2D eigenvalue weighted by Gasteiger charge is -2.18. The Bertz CT molecular complexity index is 1420. The third-order valence-corrected chi connectivity index (χ3v) is 9.81. The van der Waals surface area contributed by atoms with Crippen molar-refractivity contribution in [2.24, 2.45) is 0 Å². The molecule has 0 radical (unpaired) electrons. The van der Waals surface area contributed by atoms with E-state index < -0.39 is 6.10 Å². The van der Waals surface area contributed by atoms with Gasteiger partial charge in [-0.15, -0.1) is 0 Å². The van der Waals surface area contributed by atoms with E-state index in [-0.39, 0.29) is 37.5 Å². The van der Waals surface area contributed by atoms with Crippen molar-refractivity contribution in [1.29, 1.82) is 0 Å². The van der Waals surface area contributed by atoms with Gasteiger partial charge in [0.05, 0.1) is 0 Å². The van der Waals surface area contributed by atoms with Crippen LogP contribution in [0.3, 0.4) is 0 Å². The molecule has 1 atom stereocenters. The Hall–Kier alpha value is -4.45. The first-order valence-corrected chi connectivity index (χ1v) is 24.8. The summed E-state index contributed by atoms with van der Waals surface area (Å²) in [7, 11) is 0. The highest BCUT2D eigenvalue weighted by atomic mass is 16.6. The average Bonchev–Trinajstić information content (AvgIpc) is 3.28. The summed E-state index contributed by atoms with van der Waals surface area (Å²) in [5.41, 5.74) is 0. The summed E-state index contributed by atoms with van der Waals surface area (Å²) >= 11 is 0. The molecule has 6 heteroatoms. The number of ether oxygens (including phenoxy) is 3. The SMILES string of the molecule is CC\C=C/C=C\C=C/C=C\C=C\C=C/CCCCCC(=O)OCC(COC(=O)CCCCCCCCCCCCC)OC(=O)CCC/C=C\C/C=C\C/C=C\C/C=C\C/C=C\CC. The maximum atomic E-state index is 12.8. The third kappa shape index (κ3) is 48.4. The van der Waals surface area contributed by atoms with E-state index in [4.69, 9.17) is 14.2 Å². The molecule has 0 aliphatic carbocycles. The molecule has 0 aliphatic rings. The summed E-state index contributed by atoms with van der Waals surface area (Å²) < 4.78 is 16.7. The van der Waals surface area contributed by atoms with Gasteiger partial charge in [0.2, 0.25) is 0 Å². The van der Waals surface area contributed by atoms with E-state index >= 15 is 0 Å². The summed E-state index contributed by atoms with van der Waals surface area (Å²) in [6, 6.07) is 0. The van der Waals surface area contributed by atoms with Gasteiger partial charge in [0, 0.05) is 19.3 Å². The predicted molar refractivity (Wildman–Crippen MR) is 269 cm³/mol. The molecule has 0 aromatic carbocycles. The molecule has 0 amide bonds. The second kappa shape index (κ2) is 50.2. The van der Waals surface area contributed by atoms with E-state index in [1.54, 1.807) is 0 Å². The molecular weight excluding hydrogens is 781 g/mol. The Kier molecular flexibility index (Phi) is 46.7. The minimum Gasteiger partial charge on any atom is -0.462 e. The minimum absolute atomic E-state index is 0.119. The average molecular weight is 869 g/mol. The van der Waals surface area contributed by atoms with E-state index in [9.17, 15) is 14.4 Å². The van der Waals surface area contributed by atoms with Crippen LogP contribution in [-0.2, 0) is 28.6 Å². The van der Waals surface area contributed by atoms with Gasteiger partial charge in [0.1, 0.15) is 13.2 Å². The van der Waals surface area contributed by atoms with E-state index in [0.29, 0.717) is 25.7 Å². The number of esters is 3. The Balaban J connectivity index is 4.60. The molecular formula is C57H88O6. The summed E-state index contributed by atoms with van der Waals surface area (Å²) in [5, 5.41) is 0. The Labute approximate surface area is 385 Å².